The van der Waals surface area contributed by atoms with E-state index in [1.54, 1.807) is 0 Å². The number of hydrogen-bond acceptors (Lipinski definition) is 6. The molecule has 0 aromatic carbocycles. The van der Waals surface area contributed by atoms with Crippen LogP contribution in [0.25, 0.3) is 0 Å². The average molecular weight is 443 g/mol. The molecule has 2 aliphatic rings. The van der Waals surface area contributed by atoms with Crippen molar-refractivity contribution in [1.29, 1.82) is 0 Å². The predicted molar refractivity (Wildman–Crippen MR) is 130 cm³/mol. The van der Waals surface area contributed by atoms with Gasteiger partial charge < -0.3 is 24.9 Å². The number of nitrogens with one attached hydrogen (secondary N) is 2. The van der Waals surface area contributed by atoms with Crippen molar-refractivity contribution in [2.45, 2.75) is 71.4 Å². The molecule has 7 nitrogen and oxygen atoms in total. The molecule has 2 aromatic heterocycles. The van der Waals surface area contributed by atoms with Crippen molar-refractivity contribution in [3.05, 3.63) is 29.7 Å². The van der Waals surface area contributed by atoms with Gasteiger partial charge in [-0.15, -0.1) is 0 Å². The molecule has 1 atom stereocenters. The minimum atomic E-state index is 0.487. The Bertz CT molecular complexity index is 877. The van der Waals surface area contributed by atoms with Crippen LogP contribution in [0.2, 0.25) is 0 Å². The second-order valence-corrected chi connectivity index (χ2v) is 9.08. The molecule has 2 aliphatic heterocycles. The highest BCUT2D eigenvalue weighted by Gasteiger charge is 2.23. The highest BCUT2D eigenvalue weighted by atomic mass is 32.1. The van der Waals surface area contributed by atoms with Gasteiger partial charge in [-0.05, 0) is 70.3 Å². The summed E-state index contributed by atoms with van der Waals surface area (Å²) in [4.78, 5) is 14.5. The van der Waals surface area contributed by atoms with Gasteiger partial charge in [0.2, 0.25) is 5.95 Å². The second kappa shape index (κ2) is 10.3. The van der Waals surface area contributed by atoms with Gasteiger partial charge in [0.25, 0.3) is 0 Å². The van der Waals surface area contributed by atoms with E-state index < -0.39 is 0 Å². The topological polar surface area (TPSA) is 69.5 Å². The molecule has 0 radical (unpaired) electrons. The summed E-state index contributed by atoms with van der Waals surface area (Å²) in [6.07, 6.45) is 8.71. The molecule has 2 fully saturated rings. The number of thiocarbonyl (C=S) groups is 1. The lowest BCUT2D eigenvalue weighted by molar-refractivity contribution is 0.478. The Hall–Kier alpha value is -2.35. The molecule has 168 valence electrons. The van der Waals surface area contributed by atoms with Gasteiger partial charge in [0.05, 0.1) is 6.54 Å². The van der Waals surface area contributed by atoms with E-state index in [0.717, 1.165) is 42.8 Å². The number of anilines is 3. The van der Waals surface area contributed by atoms with Gasteiger partial charge in [-0.1, -0.05) is 12.8 Å². The number of nitrogens with zero attached hydrogens (tertiary/aromatic N) is 4. The van der Waals surface area contributed by atoms with Crippen LogP contribution in [0.15, 0.2) is 22.6 Å². The summed E-state index contributed by atoms with van der Waals surface area (Å²) in [7, 11) is 0. The highest BCUT2D eigenvalue weighted by molar-refractivity contribution is 7.80. The van der Waals surface area contributed by atoms with Gasteiger partial charge in [-0.2, -0.15) is 9.97 Å². The number of aromatic nitrogens is 2. The molecule has 0 aliphatic carbocycles. The van der Waals surface area contributed by atoms with Crippen LogP contribution >= 0.6 is 12.2 Å². The van der Waals surface area contributed by atoms with E-state index in [1.807, 2.05) is 19.1 Å². The molecule has 31 heavy (non-hydrogen) atoms. The molecule has 2 saturated heterocycles. The molecule has 0 saturated carbocycles. The Kier molecular flexibility index (Phi) is 7.27. The minimum absolute atomic E-state index is 0.487. The normalized spacial score (nSPS) is 19.7. The van der Waals surface area contributed by atoms with E-state index in [1.165, 1.54) is 44.9 Å². The molecule has 0 spiro atoms. The van der Waals surface area contributed by atoms with Crippen molar-refractivity contribution in [2.75, 3.05) is 34.8 Å². The molecule has 0 amide bonds. The van der Waals surface area contributed by atoms with E-state index >= 15 is 0 Å². The SMILES string of the molecule is Cc1ccc(CNC(=S)Nc2nc(N3CCCCCC3)cc(N3CCCC[C@@H]3C)n2)o1. The molecular weight excluding hydrogens is 408 g/mol. The van der Waals surface area contributed by atoms with Gasteiger partial charge in [0.1, 0.15) is 23.2 Å². The molecule has 8 heteroatoms. The molecule has 0 bridgehead atoms. The third kappa shape index (κ3) is 5.87. The van der Waals surface area contributed by atoms with Crippen LogP contribution in [0, 0.1) is 6.92 Å². The van der Waals surface area contributed by atoms with Gasteiger partial charge in [0, 0.05) is 31.7 Å². The molecule has 4 rings (SSSR count). The first-order valence-electron chi connectivity index (χ1n) is 11.6. The monoisotopic (exact) mass is 442 g/mol. The maximum absolute atomic E-state index is 5.61. The zero-order valence-electron chi connectivity index (χ0n) is 18.7. The van der Waals surface area contributed by atoms with Crippen LogP contribution in [0.1, 0.15) is 63.4 Å². The van der Waals surface area contributed by atoms with Gasteiger partial charge in [-0.25, -0.2) is 0 Å². The van der Waals surface area contributed by atoms with Crippen molar-refractivity contribution in [3.63, 3.8) is 0 Å². The zero-order valence-corrected chi connectivity index (χ0v) is 19.5. The Labute approximate surface area is 190 Å². The van der Waals surface area contributed by atoms with Crippen molar-refractivity contribution in [1.82, 2.24) is 15.3 Å². The van der Waals surface area contributed by atoms with E-state index in [2.05, 4.69) is 33.4 Å². The smallest absolute Gasteiger partial charge is 0.232 e. The van der Waals surface area contributed by atoms with Crippen molar-refractivity contribution in [3.8, 4) is 0 Å². The fourth-order valence-corrected chi connectivity index (χ4v) is 4.58. The van der Waals surface area contributed by atoms with Crippen molar-refractivity contribution < 1.29 is 4.42 Å². The first-order chi connectivity index (χ1) is 15.1. The van der Waals surface area contributed by atoms with Crippen molar-refractivity contribution in [2.24, 2.45) is 0 Å². The van der Waals surface area contributed by atoms with E-state index in [4.69, 9.17) is 26.6 Å². The van der Waals surface area contributed by atoms with E-state index in [0.29, 0.717) is 23.6 Å². The summed E-state index contributed by atoms with van der Waals surface area (Å²) < 4.78 is 5.61. The quantitative estimate of drug-likeness (QED) is 0.650. The first-order valence-corrected chi connectivity index (χ1v) is 12.0. The van der Waals surface area contributed by atoms with Crippen LogP contribution < -0.4 is 20.4 Å². The summed E-state index contributed by atoms with van der Waals surface area (Å²) in [5.41, 5.74) is 0. The molecule has 4 heterocycles. The standard InChI is InChI=1S/C23H34N6OS/c1-17-9-5-8-14-29(17)21-15-20(28-12-6-3-4-7-13-28)25-22(26-21)27-23(31)24-16-19-11-10-18(2)30-19/h10-11,15,17H,3-9,12-14,16H2,1-2H3,(H2,24,25,26,27,31)/t17-/m0/s1. The number of piperidine rings is 1. The van der Waals surface area contributed by atoms with Crippen LogP contribution in [-0.4, -0.2) is 40.8 Å². The maximum atomic E-state index is 5.61. The lowest BCUT2D eigenvalue weighted by atomic mass is 10.0. The summed E-state index contributed by atoms with van der Waals surface area (Å²) in [5.74, 6) is 4.29. The van der Waals surface area contributed by atoms with Gasteiger partial charge >= 0.3 is 0 Å². The highest BCUT2D eigenvalue weighted by Crippen LogP contribution is 2.28. The summed E-state index contributed by atoms with van der Waals surface area (Å²) in [5, 5.41) is 6.91. The fraction of sp³-hybridized carbons (Fsp3) is 0.609. The summed E-state index contributed by atoms with van der Waals surface area (Å²) >= 11 is 5.52. The van der Waals surface area contributed by atoms with Crippen LogP contribution in [0.3, 0.4) is 0 Å². The fourth-order valence-electron chi connectivity index (χ4n) is 4.42. The lowest BCUT2D eigenvalue weighted by Crippen LogP contribution is -2.38. The molecular formula is C23H34N6OS. The predicted octanol–water partition coefficient (Wildman–Crippen LogP) is 4.62. The Morgan fingerprint density at radius 2 is 1.81 bits per heavy atom. The number of rotatable bonds is 5. The third-order valence-corrected chi connectivity index (χ3v) is 6.42. The molecule has 0 unspecified atom stereocenters. The lowest BCUT2D eigenvalue weighted by Gasteiger charge is -2.35. The first kappa shape index (κ1) is 21.9. The van der Waals surface area contributed by atoms with Gasteiger partial charge in [-0.3, -0.25) is 0 Å². The number of aryl methyl sites for hydroxylation is 1. The average Bonchev–Trinajstić information content (AvgIpc) is 3.00. The number of hydrogen-bond donors (Lipinski definition) is 2. The summed E-state index contributed by atoms with van der Waals surface area (Å²) in [6, 6.07) is 6.56. The Morgan fingerprint density at radius 1 is 1.06 bits per heavy atom. The Morgan fingerprint density at radius 3 is 2.52 bits per heavy atom. The van der Waals surface area contributed by atoms with Crippen LogP contribution in [-0.2, 0) is 6.54 Å². The van der Waals surface area contributed by atoms with E-state index in [9.17, 15) is 0 Å². The molecule has 2 aromatic rings. The largest absolute Gasteiger partial charge is 0.465 e. The Balaban J connectivity index is 1.52. The summed E-state index contributed by atoms with van der Waals surface area (Å²) in [6.45, 7) is 7.89. The van der Waals surface area contributed by atoms with E-state index in [-0.39, 0.29) is 0 Å². The molecule has 2 N–H and O–H groups in total. The van der Waals surface area contributed by atoms with Crippen LogP contribution in [0.5, 0.6) is 0 Å². The maximum Gasteiger partial charge on any atom is 0.232 e. The zero-order chi connectivity index (χ0) is 21.6. The van der Waals surface area contributed by atoms with Crippen molar-refractivity contribution >= 4 is 34.9 Å². The minimum Gasteiger partial charge on any atom is -0.465 e. The second-order valence-electron chi connectivity index (χ2n) is 8.67. The number of furan rings is 1. The van der Waals surface area contributed by atoms with Crippen LogP contribution in [0.4, 0.5) is 17.6 Å². The van der Waals surface area contributed by atoms with Gasteiger partial charge in [0.15, 0.2) is 5.11 Å². The third-order valence-electron chi connectivity index (χ3n) is 6.17.